The Balaban J connectivity index is 1.74. The van der Waals surface area contributed by atoms with E-state index in [0.29, 0.717) is 16.6 Å². The summed E-state index contributed by atoms with van der Waals surface area (Å²) in [6.45, 7) is -0.0651. The fourth-order valence-electron chi connectivity index (χ4n) is 2.25. The van der Waals surface area contributed by atoms with E-state index in [1.54, 1.807) is 12.1 Å². The van der Waals surface area contributed by atoms with Crippen LogP contribution >= 0.6 is 23.4 Å². The number of hydrogen-bond donors (Lipinski definition) is 1. The molecule has 1 aliphatic heterocycles. The van der Waals surface area contributed by atoms with Crippen LogP contribution in [0.4, 0.5) is 5.82 Å². The molecule has 0 saturated heterocycles. The summed E-state index contributed by atoms with van der Waals surface area (Å²) in [4.78, 5) is 30.1. The zero-order valence-corrected chi connectivity index (χ0v) is 14.2. The average molecular weight is 360 g/mol. The van der Waals surface area contributed by atoms with E-state index in [2.05, 4.69) is 10.3 Å². The Morgan fingerprint density at radius 1 is 1.25 bits per heavy atom. The molecule has 5 nitrogen and oxygen atoms in total. The fourth-order valence-corrected chi connectivity index (χ4v) is 3.16. The number of aromatic nitrogens is 1. The number of nitrogens with zero attached hydrogens (tertiary/aromatic N) is 2. The predicted molar refractivity (Wildman–Crippen MR) is 96.5 cm³/mol. The van der Waals surface area contributed by atoms with Gasteiger partial charge in [0.2, 0.25) is 11.8 Å². The average Bonchev–Trinajstić information content (AvgIpc) is 2.59. The van der Waals surface area contributed by atoms with Crippen molar-refractivity contribution in [2.75, 3.05) is 17.6 Å². The molecular formula is C17H14ClN3O2S. The SMILES string of the molecule is O=C(CN1C(=O)CSC=C1c1ccccc1)Nc1ccc(Cl)cn1. The summed E-state index contributed by atoms with van der Waals surface area (Å²) >= 11 is 7.20. The molecule has 0 radical (unpaired) electrons. The van der Waals surface area contributed by atoms with Gasteiger partial charge in [0.1, 0.15) is 12.4 Å². The van der Waals surface area contributed by atoms with Crippen LogP contribution in [0.3, 0.4) is 0 Å². The Morgan fingerprint density at radius 2 is 2.04 bits per heavy atom. The number of anilines is 1. The Kier molecular flexibility index (Phi) is 5.17. The van der Waals surface area contributed by atoms with Crippen LogP contribution in [-0.4, -0.2) is 34.0 Å². The Morgan fingerprint density at radius 3 is 2.75 bits per heavy atom. The molecule has 0 unspecified atom stereocenters. The third-order valence-corrected chi connectivity index (χ3v) is 4.39. The van der Waals surface area contributed by atoms with Crippen LogP contribution in [0, 0.1) is 0 Å². The van der Waals surface area contributed by atoms with E-state index < -0.39 is 0 Å². The number of carbonyl (C=O) groups is 2. The molecule has 2 aromatic rings. The maximum absolute atomic E-state index is 12.3. The standard InChI is InChI=1S/C17H14ClN3O2S/c18-13-6-7-15(19-8-13)20-16(22)9-21-14(10-24-11-17(21)23)12-4-2-1-3-5-12/h1-8,10H,9,11H2,(H,19,20,22). The van der Waals surface area contributed by atoms with Gasteiger partial charge < -0.3 is 10.2 Å². The van der Waals surface area contributed by atoms with Crippen molar-refractivity contribution in [1.82, 2.24) is 9.88 Å². The summed E-state index contributed by atoms with van der Waals surface area (Å²) in [7, 11) is 0. The number of amides is 2. The Hall–Kier alpha value is -2.31. The number of nitrogens with one attached hydrogen (secondary N) is 1. The van der Waals surface area contributed by atoms with Gasteiger partial charge in [-0.25, -0.2) is 4.98 Å². The maximum atomic E-state index is 12.3. The highest BCUT2D eigenvalue weighted by molar-refractivity contribution is 8.03. The van der Waals surface area contributed by atoms with Crippen molar-refractivity contribution in [3.05, 3.63) is 64.7 Å². The van der Waals surface area contributed by atoms with Gasteiger partial charge in [-0.1, -0.05) is 41.9 Å². The van der Waals surface area contributed by atoms with Crippen molar-refractivity contribution in [3.8, 4) is 0 Å². The van der Waals surface area contributed by atoms with Gasteiger partial charge in [-0.2, -0.15) is 0 Å². The highest BCUT2D eigenvalue weighted by Crippen LogP contribution is 2.27. The van der Waals surface area contributed by atoms with Gasteiger partial charge in [-0.3, -0.25) is 9.59 Å². The fraction of sp³-hybridized carbons (Fsp3) is 0.118. The summed E-state index contributed by atoms with van der Waals surface area (Å²) in [5.74, 6) is 0.309. The molecular weight excluding hydrogens is 346 g/mol. The second-order valence-electron chi connectivity index (χ2n) is 5.07. The van der Waals surface area contributed by atoms with Crippen LogP contribution in [-0.2, 0) is 9.59 Å². The first-order valence-electron chi connectivity index (χ1n) is 7.22. The van der Waals surface area contributed by atoms with Crippen LogP contribution < -0.4 is 5.32 Å². The van der Waals surface area contributed by atoms with Gasteiger partial charge in [-0.15, -0.1) is 11.8 Å². The third-order valence-electron chi connectivity index (χ3n) is 3.36. The summed E-state index contributed by atoms with van der Waals surface area (Å²) in [5.41, 5.74) is 1.63. The molecule has 7 heteroatoms. The molecule has 0 fully saturated rings. The zero-order valence-electron chi connectivity index (χ0n) is 12.6. The van der Waals surface area contributed by atoms with Crippen LogP contribution in [0.25, 0.3) is 5.70 Å². The van der Waals surface area contributed by atoms with Crippen molar-refractivity contribution in [3.63, 3.8) is 0 Å². The lowest BCUT2D eigenvalue weighted by molar-refractivity contribution is -0.129. The molecule has 122 valence electrons. The maximum Gasteiger partial charge on any atom is 0.245 e. The van der Waals surface area contributed by atoms with Gasteiger partial charge in [0.25, 0.3) is 0 Å². The second-order valence-corrected chi connectivity index (χ2v) is 6.36. The summed E-state index contributed by atoms with van der Waals surface area (Å²) < 4.78 is 0. The van der Waals surface area contributed by atoms with Gasteiger partial charge in [0.15, 0.2) is 0 Å². The number of halogens is 1. The van der Waals surface area contributed by atoms with Crippen molar-refractivity contribution in [1.29, 1.82) is 0 Å². The molecule has 2 heterocycles. The van der Waals surface area contributed by atoms with Gasteiger partial charge >= 0.3 is 0 Å². The van der Waals surface area contributed by atoms with E-state index in [1.165, 1.54) is 22.9 Å². The van der Waals surface area contributed by atoms with Crippen molar-refractivity contribution in [2.45, 2.75) is 0 Å². The second kappa shape index (κ2) is 7.51. The molecule has 0 bridgehead atoms. The summed E-state index contributed by atoms with van der Waals surface area (Å²) in [6.07, 6.45) is 1.45. The van der Waals surface area contributed by atoms with E-state index in [4.69, 9.17) is 11.6 Å². The molecule has 0 aliphatic carbocycles. The van der Waals surface area contributed by atoms with Gasteiger partial charge in [0.05, 0.1) is 16.5 Å². The van der Waals surface area contributed by atoms with E-state index in [9.17, 15) is 9.59 Å². The van der Waals surface area contributed by atoms with Crippen LogP contribution in [0.15, 0.2) is 54.1 Å². The monoisotopic (exact) mass is 359 g/mol. The highest BCUT2D eigenvalue weighted by atomic mass is 35.5. The minimum absolute atomic E-state index is 0.0651. The predicted octanol–water partition coefficient (Wildman–Crippen LogP) is 3.25. The van der Waals surface area contributed by atoms with E-state index >= 15 is 0 Å². The van der Waals surface area contributed by atoms with E-state index in [0.717, 1.165) is 11.3 Å². The largest absolute Gasteiger partial charge is 0.309 e. The Bertz CT molecular complexity index is 778. The molecule has 1 N–H and O–H groups in total. The van der Waals surface area contributed by atoms with Crippen LogP contribution in [0.1, 0.15) is 5.56 Å². The molecule has 0 atom stereocenters. The molecule has 0 spiro atoms. The Labute approximate surface area is 148 Å². The van der Waals surface area contributed by atoms with Crippen molar-refractivity contribution in [2.24, 2.45) is 0 Å². The molecule has 3 rings (SSSR count). The number of hydrogen-bond acceptors (Lipinski definition) is 4. The quantitative estimate of drug-likeness (QED) is 0.910. The smallest absolute Gasteiger partial charge is 0.245 e. The van der Waals surface area contributed by atoms with E-state index in [1.807, 2.05) is 35.7 Å². The molecule has 1 aliphatic rings. The third kappa shape index (κ3) is 3.96. The lowest BCUT2D eigenvalue weighted by atomic mass is 10.1. The number of benzene rings is 1. The summed E-state index contributed by atoms with van der Waals surface area (Å²) in [5, 5.41) is 5.07. The molecule has 1 aromatic heterocycles. The minimum atomic E-state index is -0.313. The van der Waals surface area contributed by atoms with Crippen LogP contribution in [0.5, 0.6) is 0 Å². The first-order valence-corrected chi connectivity index (χ1v) is 8.65. The molecule has 24 heavy (non-hydrogen) atoms. The van der Waals surface area contributed by atoms with Gasteiger partial charge in [-0.05, 0) is 23.1 Å². The normalized spacial score (nSPS) is 14.3. The number of rotatable bonds is 4. The first-order chi connectivity index (χ1) is 11.6. The minimum Gasteiger partial charge on any atom is -0.309 e. The molecule has 1 aromatic carbocycles. The summed E-state index contributed by atoms with van der Waals surface area (Å²) in [6, 6.07) is 12.8. The lowest BCUT2D eigenvalue weighted by Crippen LogP contribution is -2.39. The molecule has 2 amide bonds. The first kappa shape index (κ1) is 16.5. The topological polar surface area (TPSA) is 62.3 Å². The number of thioether (sulfide) groups is 1. The number of pyridine rings is 1. The number of carbonyl (C=O) groups excluding carboxylic acids is 2. The highest BCUT2D eigenvalue weighted by Gasteiger charge is 2.25. The zero-order chi connectivity index (χ0) is 16.9. The molecule has 0 saturated carbocycles. The van der Waals surface area contributed by atoms with Crippen molar-refractivity contribution >= 4 is 46.7 Å². The van der Waals surface area contributed by atoms with Crippen LogP contribution in [0.2, 0.25) is 5.02 Å². The van der Waals surface area contributed by atoms with Gasteiger partial charge in [0, 0.05) is 6.20 Å². The van der Waals surface area contributed by atoms with Crippen molar-refractivity contribution < 1.29 is 9.59 Å². The lowest BCUT2D eigenvalue weighted by Gasteiger charge is -2.28. The van der Waals surface area contributed by atoms with E-state index in [-0.39, 0.29) is 18.4 Å².